The number of amides is 2. The fraction of sp³-hybridized carbons (Fsp3) is 0.333. The van der Waals surface area contributed by atoms with Crippen molar-refractivity contribution in [3.8, 4) is 5.75 Å². The van der Waals surface area contributed by atoms with E-state index in [0.717, 1.165) is 9.87 Å². The molecular formula is C30H34Cl3N3O5S. The Morgan fingerprint density at radius 2 is 1.57 bits per heavy atom. The molecule has 2 amide bonds. The zero-order valence-corrected chi connectivity index (χ0v) is 27.1. The molecule has 0 radical (unpaired) electrons. The molecule has 3 aromatic carbocycles. The van der Waals surface area contributed by atoms with E-state index in [1.165, 1.54) is 42.3 Å². The molecule has 2 atom stereocenters. The lowest BCUT2D eigenvalue weighted by Gasteiger charge is -2.33. The zero-order chi connectivity index (χ0) is 31.2. The van der Waals surface area contributed by atoms with Crippen LogP contribution in [-0.4, -0.2) is 50.9 Å². The number of carbonyl (C=O) groups is 2. The van der Waals surface area contributed by atoms with Gasteiger partial charge in [0.15, 0.2) is 0 Å². The Morgan fingerprint density at radius 1 is 0.952 bits per heavy atom. The van der Waals surface area contributed by atoms with Gasteiger partial charge >= 0.3 is 0 Å². The number of ether oxygens (including phenoxy) is 1. The molecule has 3 aromatic rings. The van der Waals surface area contributed by atoms with Crippen molar-refractivity contribution in [2.24, 2.45) is 0 Å². The Balaban J connectivity index is 2.10. The summed E-state index contributed by atoms with van der Waals surface area (Å²) >= 11 is 19.2. The van der Waals surface area contributed by atoms with Crippen LogP contribution in [0.25, 0.3) is 0 Å². The second-order valence-corrected chi connectivity index (χ2v) is 12.9. The lowest BCUT2D eigenvalue weighted by atomic mass is 10.1. The van der Waals surface area contributed by atoms with Crippen molar-refractivity contribution in [2.75, 3.05) is 18.0 Å². The summed E-state index contributed by atoms with van der Waals surface area (Å²) in [4.78, 5) is 28.6. The number of nitrogens with one attached hydrogen (secondary N) is 1. The smallest absolute Gasteiger partial charge is 0.264 e. The largest absolute Gasteiger partial charge is 0.495 e. The summed E-state index contributed by atoms with van der Waals surface area (Å²) in [6.45, 7) is 6.42. The first-order valence-corrected chi connectivity index (χ1v) is 15.8. The average molecular weight is 655 g/mol. The predicted octanol–water partition coefficient (Wildman–Crippen LogP) is 6.49. The van der Waals surface area contributed by atoms with Gasteiger partial charge in [0.05, 0.1) is 22.7 Å². The van der Waals surface area contributed by atoms with E-state index >= 15 is 0 Å². The summed E-state index contributed by atoms with van der Waals surface area (Å²) in [6, 6.07) is 14.5. The van der Waals surface area contributed by atoms with Gasteiger partial charge < -0.3 is 15.0 Å². The summed E-state index contributed by atoms with van der Waals surface area (Å²) in [5.74, 6) is -0.716. The number of nitrogens with zero attached hydrogens (tertiary/aromatic N) is 2. The van der Waals surface area contributed by atoms with E-state index in [1.54, 1.807) is 37.3 Å². The molecule has 42 heavy (non-hydrogen) atoms. The second kappa shape index (κ2) is 14.5. The highest BCUT2D eigenvalue weighted by Gasteiger charge is 2.33. The summed E-state index contributed by atoms with van der Waals surface area (Å²) in [6.07, 6.45) is 0.684. The number of anilines is 1. The van der Waals surface area contributed by atoms with Crippen LogP contribution in [0.2, 0.25) is 15.1 Å². The number of carbonyl (C=O) groups excluding carboxylic acids is 2. The number of methoxy groups -OCH3 is 1. The molecule has 0 fully saturated rings. The minimum absolute atomic E-state index is 0.0175. The molecule has 0 saturated heterocycles. The third-order valence-electron chi connectivity index (χ3n) is 6.87. The molecule has 0 heterocycles. The average Bonchev–Trinajstić information content (AvgIpc) is 2.95. The third-order valence-corrected chi connectivity index (χ3v) is 9.66. The molecule has 0 spiro atoms. The zero-order valence-electron chi connectivity index (χ0n) is 24.0. The van der Waals surface area contributed by atoms with Crippen molar-refractivity contribution >= 4 is 62.3 Å². The van der Waals surface area contributed by atoms with Crippen molar-refractivity contribution in [1.82, 2.24) is 10.2 Å². The molecule has 0 unspecified atom stereocenters. The number of hydrogen-bond acceptors (Lipinski definition) is 5. The lowest BCUT2D eigenvalue weighted by molar-refractivity contribution is -0.139. The molecule has 3 rings (SSSR count). The van der Waals surface area contributed by atoms with E-state index in [4.69, 9.17) is 39.5 Å². The van der Waals surface area contributed by atoms with E-state index in [2.05, 4.69) is 5.32 Å². The van der Waals surface area contributed by atoms with Crippen LogP contribution in [0.3, 0.4) is 0 Å². The normalized spacial score (nSPS) is 12.8. The Kier molecular flexibility index (Phi) is 11.5. The van der Waals surface area contributed by atoms with Crippen LogP contribution < -0.4 is 14.4 Å². The molecular weight excluding hydrogens is 621 g/mol. The Morgan fingerprint density at radius 3 is 2.12 bits per heavy atom. The van der Waals surface area contributed by atoms with Crippen LogP contribution in [0.5, 0.6) is 5.75 Å². The number of halogens is 3. The molecule has 226 valence electrons. The van der Waals surface area contributed by atoms with Gasteiger partial charge in [-0.2, -0.15) is 0 Å². The van der Waals surface area contributed by atoms with Crippen LogP contribution in [0, 0.1) is 6.92 Å². The van der Waals surface area contributed by atoms with Gasteiger partial charge in [-0.1, -0.05) is 65.5 Å². The van der Waals surface area contributed by atoms with Gasteiger partial charge in [0.1, 0.15) is 18.3 Å². The Bertz CT molecular complexity index is 1510. The summed E-state index contributed by atoms with van der Waals surface area (Å²) in [7, 11) is -2.82. The molecule has 0 aromatic heterocycles. The first-order chi connectivity index (χ1) is 19.8. The van der Waals surface area contributed by atoms with Crippen LogP contribution in [-0.2, 0) is 26.2 Å². The van der Waals surface area contributed by atoms with E-state index < -0.39 is 34.4 Å². The molecule has 8 nitrogen and oxygen atoms in total. The Hall–Kier alpha value is -2.98. The fourth-order valence-corrected chi connectivity index (χ4v) is 6.25. The van der Waals surface area contributed by atoms with E-state index in [1.807, 2.05) is 20.8 Å². The van der Waals surface area contributed by atoms with Gasteiger partial charge in [-0.3, -0.25) is 13.9 Å². The summed E-state index contributed by atoms with van der Waals surface area (Å²) in [5, 5.41) is 3.66. The van der Waals surface area contributed by atoms with Crippen molar-refractivity contribution in [3.05, 3.63) is 86.9 Å². The number of aryl methyl sites for hydroxylation is 1. The van der Waals surface area contributed by atoms with E-state index in [-0.39, 0.29) is 28.2 Å². The minimum atomic E-state index is -4.26. The van der Waals surface area contributed by atoms with E-state index in [9.17, 15) is 18.0 Å². The monoisotopic (exact) mass is 653 g/mol. The first-order valence-electron chi connectivity index (χ1n) is 13.3. The molecule has 0 aliphatic carbocycles. The first kappa shape index (κ1) is 33.5. The molecule has 0 saturated carbocycles. The van der Waals surface area contributed by atoms with Crippen LogP contribution in [0.1, 0.15) is 38.3 Å². The van der Waals surface area contributed by atoms with Crippen LogP contribution in [0.15, 0.2) is 65.6 Å². The maximum absolute atomic E-state index is 14.1. The lowest BCUT2D eigenvalue weighted by Crippen LogP contribution is -2.52. The van der Waals surface area contributed by atoms with Crippen molar-refractivity contribution < 1.29 is 22.7 Å². The highest BCUT2D eigenvalue weighted by molar-refractivity contribution is 7.92. The third kappa shape index (κ3) is 7.89. The highest BCUT2D eigenvalue weighted by atomic mass is 35.5. The molecule has 0 aliphatic rings. The summed E-state index contributed by atoms with van der Waals surface area (Å²) in [5.41, 5.74) is 1.44. The summed E-state index contributed by atoms with van der Waals surface area (Å²) < 4.78 is 34.2. The molecule has 12 heteroatoms. The SMILES string of the molecule is CC[C@H](C)NC(=O)[C@H](C)N(Cc1c(Cl)cccc1Cl)C(=O)CN(c1ccc(OC)c(Cl)c1)S(=O)(=O)c1ccc(C)cc1. The predicted molar refractivity (Wildman–Crippen MR) is 168 cm³/mol. The molecule has 0 bridgehead atoms. The number of hydrogen-bond donors (Lipinski definition) is 1. The Labute approximate surface area is 262 Å². The quantitative estimate of drug-likeness (QED) is 0.241. The maximum atomic E-state index is 14.1. The topological polar surface area (TPSA) is 96.0 Å². The van der Waals surface area contributed by atoms with Crippen molar-refractivity contribution in [2.45, 2.75) is 57.6 Å². The standard InChI is InChI=1S/C30H34Cl3N3O5S/c1-6-20(3)34-30(38)21(4)35(17-24-25(31)8-7-9-26(24)32)29(37)18-36(22-12-15-28(41-5)27(33)16-22)42(39,40)23-13-10-19(2)11-14-23/h7-16,20-21H,6,17-18H2,1-5H3,(H,34,38)/t20-,21-/m0/s1. The maximum Gasteiger partial charge on any atom is 0.264 e. The van der Waals surface area contributed by atoms with Gasteiger partial charge in [-0.05, 0) is 69.7 Å². The molecule has 1 N–H and O–H groups in total. The van der Waals surface area contributed by atoms with Gasteiger partial charge in [0.25, 0.3) is 10.0 Å². The van der Waals surface area contributed by atoms with Crippen LogP contribution >= 0.6 is 34.8 Å². The molecule has 0 aliphatic heterocycles. The van der Waals surface area contributed by atoms with Gasteiger partial charge in [0, 0.05) is 28.2 Å². The van der Waals surface area contributed by atoms with E-state index in [0.29, 0.717) is 27.8 Å². The van der Waals surface area contributed by atoms with Gasteiger partial charge in [0.2, 0.25) is 11.8 Å². The van der Waals surface area contributed by atoms with Gasteiger partial charge in [-0.15, -0.1) is 0 Å². The minimum Gasteiger partial charge on any atom is -0.495 e. The number of benzene rings is 3. The van der Waals surface area contributed by atoms with Crippen molar-refractivity contribution in [3.63, 3.8) is 0 Å². The second-order valence-electron chi connectivity index (χ2n) is 9.86. The number of sulfonamides is 1. The van der Waals surface area contributed by atoms with Crippen LogP contribution in [0.4, 0.5) is 5.69 Å². The fourth-order valence-electron chi connectivity index (χ4n) is 4.08. The number of rotatable bonds is 12. The van der Waals surface area contributed by atoms with Gasteiger partial charge in [-0.25, -0.2) is 8.42 Å². The highest BCUT2D eigenvalue weighted by Crippen LogP contribution is 2.33. The van der Waals surface area contributed by atoms with Crippen molar-refractivity contribution in [1.29, 1.82) is 0 Å².